The van der Waals surface area contributed by atoms with E-state index in [4.69, 9.17) is 0 Å². The Morgan fingerprint density at radius 2 is 1.81 bits per heavy atom. The van der Waals surface area contributed by atoms with Crippen LogP contribution in [0.3, 0.4) is 0 Å². The van der Waals surface area contributed by atoms with Gasteiger partial charge in [0.15, 0.2) is 0 Å². The summed E-state index contributed by atoms with van der Waals surface area (Å²) in [6.45, 7) is 0.814. The number of alkyl halides is 3. The Balaban J connectivity index is 2.45. The average Bonchev–Trinajstić information content (AvgIpc) is 2.39. The summed E-state index contributed by atoms with van der Waals surface area (Å²) in [6, 6.07) is 3.05. The first-order valence-corrected chi connectivity index (χ1v) is 4.72. The Morgan fingerprint density at radius 3 is 2.50 bits per heavy atom. The van der Waals surface area contributed by atoms with E-state index in [-0.39, 0.29) is 17.2 Å². The highest BCUT2D eigenvalue weighted by Crippen LogP contribution is 2.32. The van der Waals surface area contributed by atoms with Gasteiger partial charge in [-0.2, -0.15) is 13.2 Å². The van der Waals surface area contributed by atoms with Gasteiger partial charge in [-0.25, -0.2) is 0 Å². The summed E-state index contributed by atoms with van der Waals surface area (Å²) < 4.78 is 37.3. The predicted octanol–water partition coefficient (Wildman–Crippen LogP) is 1.86. The fraction of sp³-hybridized carbons (Fsp3) is 0.300. The number of rotatable bonds is 0. The van der Waals surface area contributed by atoms with E-state index in [0.717, 1.165) is 12.1 Å². The van der Waals surface area contributed by atoms with Crippen LogP contribution in [0.4, 0.5) is 18.9 Å². The van der Waals surface area contributed by atoms with E-state index in [1.165, 1.54) is 6.07 Å². The number of anilines is 1. The van der Waals surface area contributed by atoms with Gasteiger partial charge in [0.2, 0.25) is 0 Å². The summed E-state index contributed by atoms with van der Waals surface area (Å²) in [7, 11) is 0. The first-order chi connectivity index (χ1) is 7.48. The molecule has 2 N–H and O–H groups in total. The Bertz CT molecular complexity index is 429. The van der Waals surface area contributed by atoms with Crippen LogP contribution in [0.15, 0.2) is 18.2 Å². The number of nitrogens with one attached hydrogen (secondary N) is 2. The van der Waals surface area contributed by atoms with Crippen molar-refractivity contribution in [2.75, 3.05) is 18.4 Å². The second kappa shape index (κ2) is 3.70. The molecule has 0 aromatic heterocycles. The summed E-state index contributed by atoms with van der Waals surface area (Å²) in [5.74, 6) is -0.353. The van der Waals surface area contributed by atoms with E-state index in [0.29, 0.717) is 13.1 Å². The molecule has 0 spiro atoms. The zero-order valence-corrected chi connectivity index (χ0v) is 8.19. The largest absolute Gasteiger partial charge is 0.416 e. The van der Waals surface area contributed by atoms with Crippen LogP contribution in [-0.4, -0.2) is 19.0 Å². The zero-order chi connectivity index (χ0) is 11.8. The average molecular weight is 230 g/mol. The molecule has 0 saturated carbocycles. The summed E-state index contributed by atoms with van der Waals surface area (Å²) >= 11 is 0. The molecule has 1 aromatic rings. The lowest BCUT2D eigenvalue weighted by Crippen LogP contribution is -2.24. The van der Waals surface area contributed by atoms with Gasteiger partial charge in [-0.05, 0) is 18.2 Å². The fourth-order valence-corrected chi connectivity index (χ4v) is 1.53. The molecule has 0 atom stereocenters. The number of hydrogen-bond acceptors (Lipinski definition) is 2. The lowest BCUT2D eigenvalue weighted by Gasteiger charge is -2.11. The highest BCUT2D eigenvalue weighted by molar-refractivity contribution is 6.00. The van der Waals surface area contributed by atoms with Crippen LogP contribution in [0.1, 0.15) is 15.9 Å². The SMILES string of the molecule is O=C1NCCNc2cc(C(F)(F)F)ccc21. The third kappa shape index (κ3) is 1.95. The predicted molar refractivity (Wildman–Crippen MR) is 52.3 cm³/mol. The maximum atomic E-state index is 12.4. The van der Waals surface area contributed by atoms with Gasteiger partial charge in [0.1, 0.15) is 0 Å². The molecule has 0 fully saturated rings. The van der Waals surface area contributed by atoms with E-state index in [1.54, 1.807) is 0 Å². The molecule has 1 amide bonds. The normalized spacial score (nSPS) is 15.8. The van der Waals surface area contributed by atoms with E-state index < -0.39 is 11.7 Å². The second-order valence-electron chi connectivity index (χ2n) is 3.44. The van der Waals surface area contributed by atoms with Crippen LogP contribution in [-0.2, 0) is 6.18 Å². The minimum atomic E-state index is -4.39. The number of halogens is 3. The summed E-state index contributed by atoms with van der Waals surface area (Å²) in [4.78, 5) is 11.4. The van der Waals surface area contributed by atoms with Crippen LogP contribution in [0.5, 0.6) is 0 Å². The molecule has 1 aromatic carbocycles. The molecule has 86 valence electrons. The number of carbonyl (C=O) groups is 1. The molecular formula is C10H9F3N2O. The van der Waals surface area contributed by atoms with Gasteiger partial charge in [0, 0.05) is 18.8 Å². The van der Waals surface area contributed by atoms with Crippen LogP contribution < -0.4 is 10.6 Å². The van der Waals surface area contributed by atoms with Gasteiger partial charge in [-0.3, -0.25) is 4.79 Å². The zero-order valence-electron chi connectivity index (χ0n) is 8.19. The smallest absolute Gasteiger partial charge is 0.383 e. The van der Waals surface area contributed by atoms with Gasteiger partial charge in [-0.15, -0.1) is 0 Å². The van der Waals surface area contributed by atoms with Crippen LogP contribution in [0.25, 0.3) is 0 Å². The number of amides is 1. The van der Waals surface area contributed by atoms with Gasteiger partial charge in [-0.1, -0.05) is 0 Å². The van der Waals surface area contributed by atoms with E-state index in [2.05, 4.69) is 10.6 Å². The highest BCUT2D eigenvalue weighted by Gasteiger charge is 2.31. The Labute approximate surface area is 89.6 Å². The van der Waals surface area contributed by atoms with Crippen molar-refractivity contribution >= 4 is 11.6 Å². The molecule has 0 unspecified atom stereocenters. The molecule has 0 bridgehead atoms. The van der Waals surface area contributed by atoms with Crippen molar-refractivity contribution in [2.45, 2.75) is 6.18 Å². The molecular weight excluding hydrogens is 221 g/mol. The first-order valence-electron chi connectivity index (χ1n) is 4.72. The summed E-state index contributed by atoms with van der Waals surface area (Å²) in [5, 5.41) is 5.36. The second-order valence-corrected chi connectivity index (χ2v) is 3.44. The molecule has 1 aliphatic heterocycles. The standard InChI is InChI=1S/C10H9F3N2O/c11-10(12,13)6-1-2-7-8(5-6)14-3-4-15-9(7)16/h1-2,5,14H,3-4H2,(H,15,16). The molecule has 2 rings (SSSR count). The number of benzene rings is 1. The maximum absolute atomic E-state index is 12.4. The van der Waals surface area contributed by atoms with Gasteiger partial charge >= 0.3 is 6.18 Å². The fourth-order valence-electron chi connectivity index (χ4n) is 1.53. The maximum Gasteiger partial charge on any atom is 0.416 e. The van der Waals surface area contributed by atoms with Gasteiger partial charge in [0.05, 0.1) is 11.1 Å². The van der Waals surface area contributed by atoms with Crippen molar-refractivity contribution in [1.82, 2.24) is 5.32 Å². The molecule has 16 heavy (non-hydrogen) atoms. The third-order valence-electron chi connectivity index (χ3n) is 2.32. The van der Waals surface area contributed by atoms with Crippen molar-refractivity contribution in [2.24, 2.45) is 0 Å². The minimum Gasteiger partial charge on any atom is -0.383 e. The highest BCUT2D eigenvalue weighted by atomic mass is 19.4. The van der Waals surface area contributed by atoms with Crippen LogP contribution in [0.2, 0.25) is 0 Å². The van der Waals surface area contributed by atoms with E-state index in [1.807, 2.05) is 0 Å². The van der Waals surface area contributed by atoms with Crippen molar-refractivity contribution < 1.29 is 18.0 Å². The Kier molecular flexibility index (Phi) is 2.49. The number of carbonyl (C=O) groups excluding carboxylic acids is 1. The van der Waals surface area contributed by atoms with Crippen LogP contribution in [0, 0.1) is 0 Å². The molecule has 1 aliphatic rings. The van der Waals surface area contributed by atoms with Crippen molar-refractivity contribution in [3.63, 3.8) is 0 Å². The minimum absolute atomic E-state index is 0.227. The van der Waals surface area contributed by atoms with Crippen molar-refractivity contribution in [1.29, 1.82) is 0 Å². The van der Waals surface area contributed by atoms with E-state index >= 15 is 0 Å². The molecule has 6 heteroatoms. The lowest BCUT2D eigenvalue weighted by molar-refractivity contribution is -0.137. The molecule has 3 nitrogen and oxygen atoms in total. The molecule has 0 saturated heterocycles. The quantitative estimate of drug-likeness (QED) is 0.714. The third-order valence-corrected chi connectivity index (χ3v) is 2.32. The van der Waals surface area contributed by atoms with Gasteiger partial charge in [0.25, 0.3) is 5.91 Å². The van der Waals surface area contributed by atoms with Crippen molar-refractivity contribution in [3.8, 4) is 0 Å². The molecule has 0 radical (unpaired) electrons. The Morgan fingerprint density at radius 1 is 1.12 bits per heavy atom. The van der Waals surface area contributed by atoms with Crippen molar-refractivity contribution in [3.05, 3.63) is 29.3 Å². The Hall–Kier alpha value is -1.72. The topological polar surface area (TPSA) is 41.1 Å². The summed E-state index contributed by atoms with van der Waals surface area (Å²) in [6.07, 6.45) is -4.39. The number of hydrogen-bond donors (Lipinski definition) is 2. The molecule has 0 aliphatic carbocycles. The molecule has 1 heterocycles. The summed E-state index contributed by atoms with van der Waals surface area (Å²) in [5.41, 5.74) is -0.288. The monoisotopic (exact) mass is 230 g/mol. The van der Waals surface area contributed by atoms with Crippen LogP contribution >= 0.6 is 0 Å². The van der Waals surface area contributed by atoms with E-state index in [9.17, 15) is 18.0 Å². The van der Waals surface area contributed by atoms with Gasteiger partial charge < -0.3 is 10.6 Å². The first kappa shape index (κ1) is 10.8. The number of fused-ring (bicyclic) bond motifs is 1. The lowest BCUT2D eigenvalue weighted by atomic mass is 10.1.